The number of hydrogen-bond acceptors (Lipinski definition) is 4. The molecule has 0 saturated heterocycles. The van der Waals surface area contributed by atoms with Gasteiger partial charge < -0.3 is 5.32 Å². The number of aromatic amines is 1. The molecule has 5 rings (SSSR count). The number of benzene rings is 2. The van der Waals surface area contributed by atoms with Gasteiger partial charge in [-0.15, -0.1) is 0 Å². The third kappa shape index (κ3) is 3.86. The monoisotopic (exact) mass is 469 g/mol. The van der Waals surface area contributed by atoms with E-state index in [-0.39, 0.29) is 11.5 Å². The Kier molecular flexibility index (Phi) is 5.69. The molecule has 8 heteroatoms. The van der Waals surface area contributed by atoms with Gasteiger partial charge in [0.05, 0.1) is 33.9 Å². The summed E-state index contributed by atoms with van der Waals surface area (Å²) in [7, 11) is 0. The molecule has 34 heavy (non-hydrogen) atoms. The Bertz CT molecular complexity index is 1550. The fourth-order valence-corrected chi connectivity index (χ4v) is 4.31. The van der Waals surface area contributed by atoms with Gasteiger partial charge in [-0.1, -0.05) is 41.9 Å². The van der Waals surface area contributed by atoms with Crippen LogP contribution in [-0.2, 0) is 0 Å². The molecule has 0 radical (unpaired) electrons. The highest BCUT2D eigenvalue weighted by atomic mass is 35.5. The number of hydrogen-bond donors (Lipinski definition) is 2. The standard InChI is InChI=1S/C26H20ClN5O2/c1-16(31-25(33)20-10-6-12-28-24(20)18-14-29-30-15-18)22-13-17-7-5-11-21(27)23(17)26(34)32(22)19-8-3-2-4-9-19/h2-16H,1H3,(H,29,30)(H,31,33). The van der Waals surface area contributed by atoms with Crippen molar-refractivity contribution in [2.24, 2.45) is 0 Å². The molecule has 0 saturated carbocycles. The Morgan fingerprint density at radius 1 is 1.09 bits per heavy atom. The molecule has 0 aliphatic rings. The maximum atomic E-state index is 13.6. The van der Waals surface area contributed by atoms with Gasteiger partial charge in [0.25, 0.3) is 11.5 Å². The number of aromatic nitrogens is 4. The third-order valence-corrected chi connectivity index (χ3v) is 5.97. The number of pyridine rings is 2. The molecule has 3 heterocycles. The first-order valence-corrected chi connectivity index (χ1v) is 11.1. The number of rotatable bonds is 5. The molecule has 0 spiro atoms. The van der Waals surface area contributed by atoms with Crippen LogP contribution in [0.2, 0.25) is 5.02 Å². The van der Waals surface area contributed by atoms with Gasteiger partial charge >= 0.3 is 0 Å². The zero-order chi connectivity index (χ0) is 23.7. The summed E-state index contributed by atoms with van der Waals surface area (Å²) in [6.45, 7) is 1.84. The fourth-order valence-electron chi connectivity index (χ4n) is 4.05. The second-order valence-corrected chi connectivity index (χ2v) is 8.24. The Labute approximate surface area is 200 Å². The molecule has 7 nitrogen and oxygen atoms in total. The van der Waals surface area contributed by atoms with Crippen LogP contribution in [0.5, 0.6) is 0 Å². The molecule has 2 N–H and O–H groups in total. The van der Waals surface area contributed by atoms with Crippen LogP contribution in [0.1, 0.15) is 29.0 Å². The molecule has 0 fully saturated rings. The second kappa shape index (κ2) is 8.96. The fraction of sp³-hybridized carbons (Fsp3) is 0.0769. The van der Waals surface area contributed by atoms with Gasteiger partial charge in [0, 0.05) is 29.3 Å². The van der Waals surface area contributed by atoms with E-state index >= 15 is 0 Å². The number of carbonyl (C=O) groups excluding carboxylic acids is 1. The first-order chi connectivity index (χ1) is 16.5. The molecule has 0 aliphatic carbocycles. The molecule has 5 aromatic rings. The second-order valence-electron chi connectivity index (χ2n) is 7.83. The zero-order valence-corrected chi connectivity index (χ0v) is 19.0. The zero-order valence-electron chi connectivity index (χ0n) is 18.2. The number of halogens is 1. The summed E-state index contributed by atoms with van der Waals surface area (Å²) in [5, 5.41) is 11.3. The quantitative estimate of drug-likeness (QED) is 0.382. The maximum Gasteiger partial charge on any atom is 0.264 e. The maximum absolute atomic E-state index is 13.6. The number of amides is 1. The van der Waals surface area contributed by atoms with Crippen LogP contribution in [0, 0.1) is 0 Å². The van der Waals surface area contributed by atoms with Gasteiger partial charge in [-0.2, -0.15) is 5.10 Å². The highest BCUT2D eigenvalue weighted by Crippen LogP contribution is 2.26. The van der Waals surface area contributed by atoms with Crippen LogP contribution < -0.4 is 10.9 Å². The molecule has 0 bridgehead atoms. The minimum Gasteiger partial charge on any atom is -0.344 e. The molecule has 168 valence electrons. The molecule has 1 amide bonds. The predicted molar refractivity (Wildman–Crippen MR) is 132 cm³/mol. The van der Waals surface area contributed by atoms with Crippen molar-refractivity contribution in [2.45, 2.75) is 13.0 Å². The molecular formula is C26H20ClN5O2. The normalized spacial score (nSPS) is 11.9. The number of H-pyrrole nitrogens is 1. The van der Waals surface area contributed by atoms with Gasteiger partial charge in [0.15, 0.2) is 0 Å². The number of nitrogens with one attached hydrogen (secondary N) is 2. The average Bonchev–Trinajstić information content (AvgIpc) is 3.39. The van der Waals surface area contributed by atoms with E-state index in [1.807, 2.05) is 49.4 Å². The topological polar surface area (TPSA) is 92.7 Å². The number of carbonyl (C=O) groups is 1. The summed E-state index contributed by atoms with van der Waals surface area (Å²) < 4.78 is 1.60. The number of fused-ring (bicyclic) bond motifs is 1. The van der Waals surface area contributed by atoms with Crippen molar-refractivity contribution >= 4 is 28.3 Å². The Morgan fingerprint density at radius 2 is 1.91 bits per heavy atom. The van der Waals surface area contributed by atoms with Crippen LogP contribution in [0.15, 0.2) is 90.1 Å². The van der Waals surface area contributed by atoms with E-state index in [9.17, 15) is 9.59 Å². The summed E-state index contributed by atoms with van der Waals surface area (Å²) in [5.41, 5.74) is 2.71. The first kappa shape index (κ1) is 21.6. The summed E-state index contributed by atoms with van der Waals surface area (Å²) in [6.07, 6.45) is 4.92. The van der Waals surface area contributed by atoms with Crippen LogP contribution >= 0.6 is 11.6 Å². The lowest BCUT2D eigenvalue weighted by Gasteiger charge is -2.21. The summed E-state index contributed by atoms with van der Waals surface area (Å²) in [6, 6.07) is 19.5. The SMILES string of the molecule is CC(NC(=O)c1cccnc1-c1cn[nH]c1)c1cc2cccc(Cl)c2c(=O)n1-c1ccccc1. The van der Waals surface area contributed by atoms with Gasteiger partial charge in [-0.25, -0.2) is 0 Å². The molecular weight excluding hydrogens is 450 g/mol. The van der Waals surface area contributed by atoms with E-state index in [0.717, 1.165) is 0 Å². The van der Waals surface area contributed by atoms with Gasteiger partial charge in [-0.3, -0.25) is 24.2 Å². The molecule has 1 unspecified atom stereocenters. The molecule has 2 aromatic carbocycles. The van der Waals surface area contributed by atoms with E-state index in [4.69, 9.17) is 11.6 Å². The molecule has 0 aliphatic heterocycles. The van der Waals surface area contributed by atoms with Crippen molar-refractivity contribution in [2.75, 3.05) is 0 Å². The lowest BCUT2D eigenvalue weighted by atomic mass is 10.1. The van der Waals surface area contributed by atoms with Crippen LogP contribution in [-0.4, -0.2) is 25.7 Å². The minimum atomic E-state index is -0.499. The summed E-state index contributed by atoms with van der Waals surface area (Å²) >= 11 is 6.39. The van der Waals surface area contributed by atoms with Crippen molar-refractivity contribution in [1.29, 1.82) is 0 Å². The smallest absolute Gasteiger partial charge is 0.264 e. The highest BCUT2D eigenvalue weighted by Gasteiger charge is 2.21. The third-order valence-electron chi connectivity index (χ3n) is 5.65. The van der Waals surface area contributed by atoms with Crippen molar-refractivity contribution in [3.05, 3.63) is 112 Å². The van der Waals surface area contributed by atoms with Crippen molar-refractivity contribution in [1.82, 2.24) is 25.1 Å². The Balaban J connectivity index is 1.60. The lowest BCUT2D eigenvalue weighted by Crippen LogP contribution is -2.32. The van der Waals surface area contributed by atoms with Gasteiger partial charge in [0.1, 0.15) is 0 Å². The van der Waals surface area contributed by atoms with Gasteiger partial charge in [0.2, 0.25) is 0 Å². The van der Waals surface area contributed by atoms with E-state index in [2.05, 4.69) is 20.5 Å². The number of para-hydroxylation sites is 1. The summed E-state index contributed by atoms with van der Waals surface area (Å²) in [5.74, 6) is -0.310. The Hall–Kier alpha value is -4.23. The number of nitrogens with zero attached hydrogens (tertiary/aromatic N) is 3. The molecule has 1 atom stereocenters. The Morgan fingerprint density at radius 3 is 2.68 bits per heavy atom. The van der Waals surface area contributed by atoms with Crippen molar-refractivity contribution in [3.63, 3.8) is 0 Å². The van der Waals surface area contributed by atoms with E-state index in [0.29, 0.717) is 44.0 Å². The van der Waals surface area contributed by atoms with Gasteiger partial charge in [-0.05, 0) is 48.7 Å². The predicted octanol–water partition coefficient (Wildman–Crippen LogP) is 4.92. The van der Waals surface area contributed by atoms with E-state index in [1.165, 1.54) is 0 Å². The lowest BCUT2D eigenvalue weighted by molar-refractivity contribution is 0.0939. The largest absolute Gasteiger partial charge is 0.344 e. The van der Waals surface area contributed by atoms with Crippen LogP contribution in [0.25, 0.3) is 27.7 Å². The van der Waals surface area contributed by atoms with Crippen LogP contribution in [0.3, 0.4) is 0 Å². The van der Waals surface area contributed by atoms with Crippen molar-refractivity contribution in [3.8, 4) is 16.9 Å². The minimum absolute atomic E-state index is 0.245. The molecule has 3 aromatic heterocycles. The van der Waals surface area contributed by atoms with Crippen LogP contribution in [0.4, 0.5) is 0 Å². The highest BCUT2D eigenvalue weighted by molar-refractivity contribution is 6.35. The average molecular weight is 470 g/mol. The van der Waals surface area contributed by atoms with Crippen molar-refractivity contribution < 1.29 is 4.79 Å². The first-order valence-electron chi connectivity index (χ1n) is 10.7. The van der Waals surface area contributed by atoms with E-state index in [1.54, 1.807) is 47.4 Å². The summed E-state index contributed by atoms with van der Waals surface area (Å²) in [4.78, 5) is 31.3. The van der Waals surface area contributed by atoms with E-state index < -0.39 is 6.04 Å².